The summed E-state index contributed by atoms with van der Waals surface area (Å²) in [4.78, 5) is 16.9. The summed E-state index contributed by atoms with van der Waals surface area (Å²) in [6.45, 7) is 0. The van der Waals surface area contributed by atoms with Gasteiger partial charge in [0.2, 0.25) is 5.89 Å². The van der Waals surface area contributed by atoms with E-state index < -0.39 is 0 Å². The molecule has 2 rings (SSSR count). The molecule has 0 aliphatic carbocycles. The summed E-state index contributed by atoms with van der Waals surface area (Å²) >= 11 is 5.85. The molecule has 4 nitrogen and oxygen atoms in total. The van der Waals surface area contributed by atoms with Crippen LogP contribution in [0.1, 0.15) is 5.89 Å². The minimum absolute atomic E-state index is 0.297. The van der Waals surface area contributed by atoms with E-state index in [0.717, 1.165) is 0 Å². The van der Waals surface area contributed by atoms with Gasteiger partial charge in [-0.2, -0.15) is 0 Å². The number of hydrogen-bond donors (Lipinski definition) is 0. The lowest BCUT2D eigenvalue weighted by Crippen LogP contribution is -2.03. The van der Waals surface area contributed by atoms with Gasteiger partial charge in [0.1, 0.15) is 5.52 Å². The van der Waals surface area contributed by atoms with Crippen molar-refractivity contribution in [3.8, 4) is 0 Å². The fourth-order valence-electron chi connectivity index (χ4n) is 1.44. The summed E-state index contributed by atoms with van der Waals surface area (Å²) in [6, 6.07) is 5.14. The number of nitrogens with zero attached hydrogens (tertiary/aromatic N) is 2. The second-order valence-corrected chi connectivity index (χ2v) is 4.23. The Morgan fingerprint density at radius 3 is 2.88 bits per heavy atom. The second kappa shape index (κ2) is 4.59. The largest absolute Gasteiger partial charge is 0.436 e. The molecule has 0 N–H and O–H groups in total. The summed E-state index contributed by atoms with van der Waals surface area (Å²) in [7, 11) is 3.64. The third kappa shape index (κ3) is 2.47. The summed E-state index contributed by atoms with van der Waals surface area (Å²) in [5.74, 6) is 0.297. The topological polar surface area (TPSA) is 46.3 Å². The number of benzene rings is 1. The van der Waals surface area contributed by atoms with E-state index in [1.807, 2.05) is 14.1 Å². The summed E-state index contributed by atoms with van der Waals surface area (Å²) in [6.07, 6.45) is 2.37. The van der Waals surface area contributed by atoms with Crippen LogP contribution in [0.4, 0.5) is 0 Å². The van der Waals surface area contributed by atoms with E-state index in [0.29, 0.717) is 33.9 Å². The first-order valence-electron chi connectivity index (χ1n) is 5.00. The Kier molecular flexibility index (Phi) is 3.15. The Morgan fingerprint density at radius 2 is 2.24 bits per heavy atom. The number of rotatable bonds is 3. The van der Waals surface area contributed by atoms with Crippen molar-refractivity contribution in [3.63, 3.8) is 0 Å². The van der Waals surface area contributed by atoms with Gasteiger partial charge in [0, 0.05) is 25.3 Å². The first kappa shape index (κ1) is 11.7. The predicted octanol–water partition coefficient (Wildman–Crippen LogP) is 2.58. The summed E-state index contributed by atoms with van der Waals surface area (Å²) < 4.78 is 5.48. The van der Waals surface area contributed by atoms with Gasteiger partial charge in [-0.05, 0) is 18.2 Å². The van der Waals surface area contributed by atoms with E-state index >= 15 is 0 Å². The number of aromatic nitrogens is 1. The molecule has 0 amide bonds. The number of fused-ring (bicyclic) bond motifs is 1. The number of carbonyl (C=O) groups excluding carboxylic acids is 1. The quantitative estimate of drug-likeness (QED) is 0.621. The zero-order valence-electron chi connectivity index (χ0n) is 9.48. The third-order valence-corrected chi connectivity index (χ3v) is 2.36. The first-order chi connectivity index (χ1) is 8.10. The van der Waals surface area contributed by atoms with Crippen LogP contribution in [0.25, 0.3) is 16.7 Å². The van der Waals surface area contributed by atoms with Crippen molar-refractivity contribution in [2.45, 2.75) is 0 Å². The molecule has 0 saturated carbocycles. The van der Waals surface area contributed by atoms with Crippen LogP contribution in [0.5, 0.6) is 0 Å². The van der Waals surface area contributed by atoms with Crippen LogP contribution < -0.4 is 0 Å². The molecule has 1 heterocycles. The van der Waals surface area contributed by atoms with Crippen molar-refractivity contribution in [2.24, 2.45) is 0 Å². The number of hydrogen-bond acceptors (Lipinski definition) is 4. The smallest absolute Gasteiger partial charge is 0.232 e. The molecular formula is C12H11ClN2O2. The second-order valence-electron chi connectivity index (χ2n) is 3.80. The maximum absolute atomic E-state index is 11.0. The van der Waals surface area contributed by atoms with Gasteiger partial charge in [0.05, 0.1) is 5.57 Å². The van der Waals surface area contributed by atoms with Crippen molar-refractivity contribution in [2.75, 3.05) is 14.1 Å². The number of aldehydes is 1. The van der Waals surface area contributed by atoms with Gasteiger partial charge in [-0.25, -0.2) is 4.98 Å². The van der Waals surface area contributed by atoms with E-state index in [9.17, 15) is 4.79 Å². The Balaban J connectivity index is 2.52. The van der Waals surface area contributed by atoms with E-state index in [1.54, 1.807) is 29.3 Å². The molecule has 0 aliphatic rings. The maximum Gasteiger partial charge on any atom is 0.232 e. The molecule has 0 fully saturated rings. The molecule has 0 spiro atoms. The normalized spacial score (nSPS) is 11.8. The highest BCUT2D eigenvalue weighted by atomic mass is 35.5. The molecule has 0 saturated heterocycles. The van der Waals surface area contributed by atoms with Crippen LogP contribution in [0.2, 0.25) is 5.02 Å². The predicted molar refractivity (Wildman–Crippen MR) is 66.7 cm³/mol. The number of carbonyl (C=O) groups is 1. The molecule has 1 aromatic heterocycles. The fourth-order valence-corrected chi connectivity index (χ4v) is 1.60. The van der Waals surface area contributed by atoms with E-state index in [-0.39, 0.29) is 0 Å². The van der Waals surface area contributed by atoms with Crippen LogP contribution in [0, 0.1) is 0 Å². The summed E-state index contributed by atoms with van der Waals surface area (Å²) in [5.41, 5.74) is 1.64. The SMILES string of the molecule is CN(C)C=C(C=O)c1nc2cc(Cl)ccc2o1. The highest BCUT2D eigenvalue weighted by molar-refractivity contribution is 6.31. The van der Waals surface area contributed by atoms with E-state index in [1.165, 1.54) is 0 Å². The standard InChI is InChI=1S/C12H11ClN2O2/c1-15(2)6-8(7-16)12-14-10-5-9(13)3-4-11(10)17-12/h3-7H,1-2H3. The van der Waals surface area contributed by atoms with Crippen LogP contribution in [-0.4, -0.2) is 30.3 Å². The monoisotopic (exact) mass is 250 g/mol. The molecule has 0 unspecified atom stereocenters. The van der Waals surface area contributed by atoms with Gasteiger partial charge in [-0.3, -0.25) is 4.79 Å². The zero-order chi connectivity index (χ0) is 12.4. The van der Waals surface area contributed by atoms with Crippen molar-refractivity contribution >= 4 is 34.6 Å². The Bertz CT molecular complexity index is 587. The van der Waals surface area contributed by atoms with Gasteiger partial charge in [-0.1, -0.05) is 11.6 Å². The van der Waals surface area contributed by atoms with Crippen molar-refractivity contribution in [3.05, 3.63) is 35.3 Å². The third-order valence-electron chi connectivity index (χ3n) is 2.12. The molecule has 88 valence electrons. The van der Waals surface area contributed by atoms with Gasteiger partial charge in [0.25, 0.3) is 0 Å². The molecule has 1 aromatic carbocycles. The molecule has 2 aromatic rings. The first-order valence-corrected chi connectivity index (χ1v) is 5.38. The van der Waals surface area contributed by atoms with E-state index in [4.69, 9.17) is 16.0 Å². The molecule has 5 heteroatoms. The lowest BCUT2D eigenvalue weighted by molar-refractivity contribution is -0.103. The highest BCUT2D eigenvalue weighted by Crippen LogP contribution is 2.23. The van der Waals surface area contributed by atoms with Crippen LogP contribution in [0.3, 0.4) is 0 Å². The minimum Gasteiger partial charge on any atom is -0.436 e. The lowest BCUT2D eigenvalue weighted by Gasteiger charge is -2.04. The summed E-state index contributed by atoms with van der Waals surface area (Å²) in [5, 5.41) is 0.585. The molecule has 17 heavy (non-hydrogen) atoms. The Hall–Kier alpha value is -1.81. The maximum atomic E-state index is 11.0. The highest BCUT2D eigenvalue weighted by Gasteiger charge is 2.10. The van der Waals surface area contributed by atoms with Gasteiger partial charge >= 0.3 is 0 Å². The molecule has 0 aliphatic heterocycles. The van der Waals surface area contributed by atoms with Gasteiger partial charge in [-0.15, -0.1) is 0 Å². The fraction of sp³-hybridized carbons (Fsp3) is 0.167. The van der Waals surface area contributed by atoms with Crippen LogP contribution in [-0.2, 0) is 4.79 Å². The van der Waals surface area contributed by atoms with Crippen LogP contribution >= 0.6 is 11.6 Å². The minimum atomic E-state index is 0.297. The average Bonchev–Trinajstić information content (AvgIpc) is 2.68. The Labute approximate surface area is 103 Å². The number of oxazole rings is 1. The molecule has 0 bridgehead atoms. The van der Waals surface area contributed by atoms with Crippen molar-refractivity contribution in [1.82, 2.24) is 9.88 Å². The lowest BCUT2D eigenvalue weighted by atomic mass is 10.3. The van der Waals surface area contributed by atoms with Crippen molar-refractivity contribution < 1.29 is 9.21 Å². The molecule has 0 radical (unpaired) electrons. The number of halogens is 1. The zero-order valence-corrected chi connectivity index (χ0v) is 10.2. The molecule has 0 atom stereocenters. The average molecular weight is 251 g/mol. The Morgan fingerprint density at radius 1 is 1.47 bits per heavy atom. The van der Waals surface area contributed by atoms with Crippen molar-refractivity contribution in [1.29, 1.82) is 0 Å². The van der Waals surface area contributed by atoms with Gasteiger partial charge < -0.3 is 9.32 Å². The molecular weight excluding hydrogens is 240 g/mol. The van der Waals surface area contributed by atoms with Gasteiger partial charge in [0.15, 0.2) is 11.9 Å². The number of allylic oxidation sites excluding steroid dienone is 1. The van der Waals surface area contributed by atoms with Crippen LogP contribution in [0.15, 0.2) is 28.8 Å². The van der Waals surface area contributed by atoms with E-state index in [2.05, 4.69) is 4.98 Å².